The third kappa shape index (κ3) is 1.90. The summed E-state index contributed by atoms with van der Waals surface area (Å²) in [5.74, 6) is -3.76. The molecule has 0 bridgehead atoms. The highest BCUT2D eigenvalue weighted by Gasteiger charge is 2.21. The van der Waals surface area contributed by atoms with Crippen LogP contribution in [0.4, 0.5) is 13.2 Å². The van der Waals surface area contributed by atoms with E-state index < -0.39 is 23.0 Å². The molecule has 1 nitrogen and oxygen atoms in total. The van der Waals surface area contributed by atoms with Crippen molar-refractivity contribution in [3.8, 4) is 0 Å². The molecule has 1 aromatic rings. The Morgan fingerprint density at radius 2 is 1.50 bits per heavy atom. The van der Waals surface area contributed by atoms with Crippen molar-refractivity contribution in [3.63, 3.8) is 0 Å². The van der Waals surface area contributed by atoms with Gasteiger partial charge in [0.1, 0.15) is 0 Å². The van der Waals surface area contributed by atoms with Crippen LogP contribution < -0.4 is 5.32 Å². The molecule has 78 valence electrons. The minimum absolute atomic E-state index is 0.372. The molecule has 0 saturated heterocycles. The molecule has 0 saturated carbocycles. The maximum atomic E-state index is 12.9. The van der Waals surface area contributed by atoms with Crippen molar-refractivity contribution in [1.82, 2.24) is 5.32 Å². The van der Waals surface area contributed by atoms with E-state index in [-0.39, 0.29) is 0 Å². The van der Waals surface area contributed by atoms with Gasteiger partial charge < -0.3 is 5.32 Å². The van der Waals surface area contributed by atoms with Crippen molar-refractivity contribution in [2.24, 2.45) is 0 Å². The van der Waals surface area contributed by atoms with Crippen molar-refractivity contribution < 1.29 is 13.2 Å². The summed E-state index contributed by atoms with van der Waals surface area (Å²) >= 11 is 0. The number of benzene rings is 1. The van der Waals surface area contributed by atoms with Gasteiger partial charge in [-0.15, -0.1) is 0 Å². The summed E-state index contributed by atoms with van der Waals surface area (Å²) in [5.41, 5.74) is -0.216. The maximum Gasteiger partial charge on any atom is 0.194 e. The fourth-order valence-electron chi connectivity index (χ4n) is 1.06. The van der Waals surface area contributed by atoms with Crippen molar-refractivity contribution in [2.75, 3.05) is 7.05 Å². The molecule has 1 N–H and O–H groups in total. The highest BCUT2D eigenvalue weighted by molar-refractivity contribution is 5.25. The number of nitrogens with one attached hydrogen (secondary N) is 1. The van der Waals surface area contributed by atoms with Crippen molar-refractivity contribution >= 4 is 0 Å². The number of halogens is 3. The Kier molecular flexibility index (Phi) is 2.85. The maximum absolute atomic E-state index is 12.9. The van der Waals surface area contributed by atoms with Crippen molar-refractivity contribution in [3.05, 3.63) is 35.1 Å². The molecule has 0 aromatic heterocycles. The predicted molar refractivity (Wildman–Crippen MR) is 48.4 cm³/mol. The van der Waals surface area contributed by atoms with Crippen LogP contribution in [0.3, 0.4) is 0 Å². The standard InChI is InChI=1S/C10H12F3N/c1-10(2,14-3)6-4-7(11)9(13)8(12)5-6/h4-5,14H,1-3H3. The second-order valence-electron chi connectivity index (χ2n) is 3.63. The first-order valence-electron chi connectivity index (χ1n) is 4.22. The van der Waals surface area contributed by atoms with Crippen LogP contribution in [0.25, 0.3) is 0 Å². The Morgan fingerprint density at radius 3 is 1.86 bits per heavy atom. The number of hydrogen-bond donors (Lipinski definition) is 1. The van der Waals surface area contributed by atoms with Gasteiger partial charge in [-0.1, -0.05) is 0 Å². The highest BCUT2D eigenvalue weighted by Crippen LogP contribution is 2.23. The number of rotatable bonds is 2. The summed E-state index contributed by atoms with van der Waals surface area (Å²) in [6, 6.07) is 1.99. The summed E-state index contributed by atoms with van der Waals surface area (Å²) < 4.78 is 38.4. The highest BCUT2D eigenvalue weighted by atomic mass is 19.2. The monoisotopic (exact) mass is 203 g/mol. The average molecular weight is 203 g/mol. The molecule has 0 aliphatic carbocycles. The van der Waals surface area contributed by atoms with Crippen LogP contribution in [0, 0.1) is 17.5 Å². The van der Waals surface area contributed by atoms with Gasteiger partial charge in [0.2, 0.25) is 0 Å². The molecular weight excluding hydrogens is 191 g/mol. The minimum atomic E-state index is -1.43. The normalized spacial score (nSPS) is 11.9. The molecule has 0 amide bonds. The Bertz CT molecular complexity index is 324. The van der Waals surface area contributed by atoms with Gasteiger partial charge in [-0.25, -0.2) is 13.2 Å². The topological polar surface area (TPSA) is 12.0 Å². The van der Waals surface area contributed by atoms with E-state index in [2.05, 4.69) is 5.32 Å². The second-order valence-corrected chi connectivity index (χ2v) is 3.63. The van der Waals surface area contributed by atoms with Crippen LogP contribution in [0.5, 0.6) is 0 Å². The predicted octanol–water partition coefficient (Wildman–Crippen LogP) is 2.56. The summed E-state index contributed by atoms with van der Waals surface area (Å²) in [4.78, 5) is 0. The van der Waals surface area contributed by atoms with Crippen LogP contribution in [0.1, 0.15) is 19.4 Å². The van der Waals surface area contributed by atoms with Crippen molar-refractivity contribution in [2.45, 2.75) is 19.4 Å². The third-order valence-electron chi connectivity index (χ3n) is 2.33. The zero-order valence-electron chi connectivity index (χ0n) is 8.29. The quantitative estimate of drug-likeness (QED) is 0.728. The SMILES string of the molecule is CNC(C)(C)c1cc(F)c(F)c(F)c1. The van der Waals surface area contributed by atoms with Gasteiger partial charge in [0.25, 0.3) is 0 Å². The fourth-order valence-corrected chi connectivity index (χ4v) is 1.06. The lowest BCUT2D eigenvalue weighted by Crippen LogP contribution is -2.33. The smallest absolute Gasteiger partial charge is 0.194 e. The summed E-state index contributed by atoms with van der Waals surface area (Å²) in [7, 11) is 1.67. The average Bonchev–Trinajstić information content (AvgIpc) is 2.13. The van der Waals surface area contributed by atoms with Gasteiger partial charge in [-0.3, -0.25) is 0 Å². The first-order chi connectivity index (χ1) is 6.38. The van der Waals surface area contributed by atoms with E-state index in [0.717, 1.165) is 12.1 Å². The van der Waals surface area contributed by atoms with Gasteiger partial charge in [0, 0.05) is 5.54 Å². The van der Waals surface area contributed by atoms with Crippen LogP contribution in [-0.4, -0.2) is 7.05 Å². The van der Waals surface area contributed by atoms with Gasteiger partial charge in [-0.05, 0) is 38.6 Å². The fraction of sp³-hybridized carbons (Fsp3) is 0.400. The first kappa shape index (κ1) is 11.0. The molecule has 4 heteroatoms. The van der Waals surface area contributed by atoms with Gasteiger partial charge >= 0.3 is 0 Å². The van der Waals surface area contributed by atoms with Crippen LogP contribution in [-0.2, 0) is 5.54 Å². The van der Waals surface area contributed by atoms with E-state index in [0.29, 0.717) is 5.56 Å². The summed E-state index contributed by atoms with van der Waals surface area (Å²) in [6.07, 6.45) is 0. The lowest BCUT2D eigenvalue weighted by atomic mass is 9.94. The van der Waals surface area contributed by atoms with Gasteiger partial charge in [0.15, 0.2) is 17.5 Å². The Labute approximate surface area is 80.9 Å². The first-order valence-corrected chi connectivity index (χ1v) is 4.22. The molecule has 1 aromatic carbocycles. The Balaban J connectivity index is 3.26. The molecule has 0 aliphatic rings. The molecule has 0 unspecified atom stereocenters. The number of hydrogen-bond acceptors (Lipinski definition) is 1. The van der Waals surface area contributed by atoms with Gasteiger partial charge in [0.05, 0.1) is 0 Å². The van der Waals surface area contributed by atoms with Crippen LogP contribution in [0.15, 0.2) is 12.1 Å². The van der Waals surface area contributed by atoms with Gasteiger partial charge in [-0.2, -0.15) is 0 Å². The zero-order chi connectivity index (χ0) is 10.9. The van der Waals surface area contributed by atoms with E-state index in [4.69, 9.17) is 0 Å². The largest absolute Gasteiger partial charge is 0.311 e. The van der Waals surface area contributed by atoms with E-state index in [1.807, 2.05) is 0 Å². The molecule has 0 spiro atoms. The van der Waals surface area contributed by atoms with E-state index >= 15 is 0 Å². The molecule has 14 heavy (non-hydrogen) atoms. The Morgan fingerprint density at radius 1 is 1.07 bits per heavy atom. The van der Waals surface area contributed by atoms with E-state index in [1.165, 1.54) is 0 Å². The molecule has 0 atom stereocenters. The van der Waals surface area contributed by atoms with Crippen LogP contribution >= 0.6 is 0 Å². The molecule has 0 heterocycles. The molecule has 1 rings (SSSR count). The van der Waals surface area contributed by atoms with Crippen LogP contribution in [0.2, 0.25) is 0 Å². The molecule has 0 radical (unpaired) electrons. The van der Waals surface area contributed by atoms with E-state index in [1.54, 1.807) is 20.9 Å². The zero-order valence-corrected chi connectivity index (χ0v) is 8.29. The third-order valence-corrected chi connectivity index (χ3v) is 2.33. The lowest BCUT2D eigenvalue weighted by molar-refractivity contribution is 0.414. The lowest BCUT2D eigenvalue weighted by Gasteiger charge is -2.24. The Hall–Kier alpha value is -1.03. The molecular formula is C10H12F3N. The second kappa shape index (κ2) is 3.61. The molecule has 0 aliphatic heterocycles. The summed E-state index contributed by atoms with van der Waals surface area (Å²) in [5, 5.41) is 2.88. The minimum Gasteiger partial charge on any atom is -0.311 e. The van der Waals surface area contributed by atoms with Crippen molar-refractivity contribution in [1.29, 1.82) is 0 Å². The molecule has 0 fully saturated rings. The van der Waals surface area contributed by atoms with E-state index in [9.17, 15) is 13.2 Å². The summed E-state index contributed by atoms with van der Waals surface area (Å²) in [6.45, 7) is 3.50.